The van der Waals surface area contributed by atoms with Gasteiger partial charge in [-0.1, -0.05) is 22.9 Å². The summed E-state index contributed by atoms with van der Waals surface area (Å²) in [5.74, 6) is -0.743. The summed E-state index contributed by atoms with van der Waals surface area (Å²) < 4.78 is 17.1. The molecule has 0 bridgehead atoms. The van der Waals surface area contributed by atoms with Gasteiger partial charge in [-0.3, -0.25) is 4.21 Å². The Morgan fingerprint density at radius 3 is 2.68 bits per heavy atom. The van der Waals surface area contributed by atoms with Gasteiger partial charge in [0.2, 0.25) is 0 Å². The first-order valence-corrected chi connectivity index (χ1v) is 6.94. The molecule has 0 spiro atoms. The number of hydrogen-bond donors (Lipinski definition) is 1. The molecule has 2 aromatic rings. The van der Waals surface area contributed by atoms with E-state index in [0.29, 0.717) is 5.76 Å². The van der Waals surface area contributed by atoms with Crippen molar-refractivity contribution in [1.29, 1.82) is 0 Å². The Labute approximate surface area is 112 Å². The molecule has 0 saturated carbocycles. The summed E-state index contributed by atoms with van der Waals surface area (Å²) in [6.45, 7) is 3.86. The highest BCUT2D eigenvalue weighted by atomic mass is 32.2. The smallest absolute Gasteiger partial charge is 0.358 e. The van der Waals surface area contributed by atoms with Gasteiger partial charge in [-0.05, 0) is 25.5 Å². The third-order valence-corrected chi connectivity index (χ3v) is 4.12. The molecule has 0 radical (unpaired) electrons. The van der Waals surface area contributed by atoms with Crippen LogP contribution in [0.1, 0.15) is 27.4 Å². The fraction of sp³-hybridized carbons (Fsp3) is 0.231. The second kappa shape index (κ2) is 5.36. The van der Waals surface area contributed by atoms with E-state index in [4.69, 9.17) is 9.63 Å². The Morgan fingerprint density at radius 1 is 1.37 bits per heavy atom. The summed E-state index contributed by atoms with van der Waals surface area (Å²) in [6.07, 6.45) is 0. The second-order valence-corrected chi connectivity index (χ2v) is 5.66. The number of aromatic nitrogens is 1. The Kier molecular flexibility index (Phi) is 3.80. The van der Waals surface area contributed by atoms with E-state index in [1.54, 1.807) is 0 Å². The molecule has 6 heteroatoms. The summed E-state index contributed by atoms with van der Waals surface area (Å²) in [5.41, 5.74) is 1.87. The van der Waals surface area contributed by atoms with Crippen LogP contribution in [0.25, 0.3) is 0 Å². The van der Waals surface area contributed by atoms with E-state index in [2.05, 4.69) is 5.16 Å². The van der Waals surface area contributed by atoms with Crippen molar-refractivity contribution in [3.05, 3.63) is 46.8 Å². The Hall–Kier alpha value is -1.95. The molecule has 0 aliphatic carbocycles. The molecule has 100 valence electrons. The lowest BCUT2D eigenvalue weighted by molar-refractivity contribution is 0.0685. The molecule has 1 unspecified atom stereocenters. The van der Waals surface area contributed by atoms with E-state index < -0.39 is 16.8 Å². The zero-order valence-electron chi connectivity index (χ0n) is 10.5. The summed E-state index contributed by atoms with van der Waals surface area (Å²) >= 11 is 0. The quantitative estimate of drug-likeness (QED) is 0.928. The molecule has 2 rings (SSSR count). The molecule has 19 heavy (non-hydrogen) atoms. The average Bonchev–Trinajstić information content (AvgIpc) is 2.77. The monoisotopic (exact) mass is 279 g/mol. The standard InChI is InChI=1S/C13H13NO4S/c1-8-3-4-12(9(2)5-8)19(17)7-10-6-11(13(15)16)14-18-10/h3-6H,7H2,1-2H3,(H,15,16). The van der Waals surface area contributed by atoms with Crippen LogP contribution in [0.3, 0.4) is 0 Å². The van der Waals surface area contributed by atoms with Crippen molar-refractivity contribution in [2.75, 3.05) is 0 Å². The fourth-order valence-electron chi connectivity index (χ4n) is 1.74. The van der Waals surface area contributed by atoms with Crippen LogP contribution in [-0.4, -0.2) is 20.4 Å². The lowest BCUT2D eigenvalue weighted by Gasteiger charge is -2.05. The van der Waals surface area contributed by atoms with Gasteiger partial charge in [-0.15, -0.1) is 0 Å². The van der Waals surface area contributed by atoms with E-state index in [-0.39, 0.29) is 11.4 Å². The molecule has 1 aromatic heterocycles. The van der Waals surface area contributed by atoms with Gasteiger partial charge in [0.1, 0.15) is 5.76 Å². The fourth-order valence-corrected chi connectivity index (χ4v) is 2.93. The first-order chi connectivity index (χ1) is 8.97. The largest absolute Gasteiger partial charge is 0.476 e. The van der Waals surface area contributed by atoms with Crippen LogP contribution >= 0.6 is 0 Å². The number of rotatable bonds is 4. The number of aryl methyl sites for hydroxylation is 2. The van der Waals surface area contributed by atoms with Crippen LogP contribution in [0.4, 0.5) is 0 Å². The van der Waals surface area contributed by atoms with Crippen molar-refractivity contribution >= 4 is 16.8 Å². The highest BCUT2D eigenvalue weighted by molar-refractivity contribution is 7.84. The number of carbonyl (C=O) groups is 1. The minimum absolute atomic E-state index is 0.115. The minimum Gasteiger partial charge on any atom is -0.476 e. The number of aromatic carboxylic acids is 1. The summed E-state index contributed by atoms with van der Waals surface area (Å²) in [5, 5.41) is 12.1. The molecular weight excluding hydrogens is 266 g/mol. The van der Waals surface area contributed by atoms with Crippen LogP contribution in [0.15, 0.2) is 33.7 Å². The van der Waals surface area contributed by atoms with E-state index in [9.17, 15) is 9.00 Å². The summed E-state index contributed by atoms with van der Waals surface area (Å²) in [7, 11) is -1.28. The molecule has 1 N–H and O–H groups in total. The number of carboxylic acid groups (broad SMARTS) is 1. The topological polar surface area (TPSA) is 80.4 Å². The summed E-state index contributed by atoms with van der Waals surface area (Å²) in [4.78, 5) is 11.4. The van der Waals surface area contributed by atoms with Crippen molar-refractivity contribution in [2.45, 2.75) is 24.5 Å². The predicted molar refractivity (Wildman–Crippen MR) is 69.5 cm³/mol. The van der Waals surface area contributed by atoms with Crippen molar-refractivity contribution in [3.63, 3.8) is 0 Å². The van der Waals surface area contributed by atoms with Crippen molar-refractivity contribution < 1.29 is 18.6 Å². The number of carboxylic acids is 1. The molecule has 0 aliphatic heterocycles. The molecule has 0 saturated heterocycles. The van der Waals surface area contributed by atoms with Gasteiger partial charge >= 0.3 is 5.97 Å². The zero-order valence-corrected chi connectivity index (χ0v) is 11.4. The highest BCUT2D eigenvalue weighted by Crippen LogP contribution is 2.18. The van der Waals surface area contributed by atoms with E-state index in [1.165, 1.54) is 6.07 Å². The first-order valence-electron chi connectivity index (χ1n) is 5.62. The summed E-state index contributed by atoms with van der Waals surface area (Å²) in [6, 6.07) is 6.96. The van der Waals surface area contributed by atoms with Gasteiger partial charge in [-0.2, -0.15) is 0 Å². The molecule has 0 amide bonds. The van der Waals surface area contributed by atoms with Gasteiger partial charge in [-0.25, -0.2) is 4.79 Å². The first kappa shape index (κ1) is 13.5. The van der Waals surface area contributed by atoms with Gasteiger partial charge < -0.3 is 9.63 Å². The number of hydrogen-bond acceptors (Lipinski definition) is 4. The van der Waals surface area contributed by atoms with Crippen LogP contribution in [0.5, 0.6) is 0 Å². The van der Waals surface area contributed by atoms with E-state index in [1.807, 2.05) is 32.0 Å². The molecular formula is C13H13NO4S. The highest BCUT2D eigenvalue weighted by Gasteiger charge is 2.15. The minimum atomic E-state index is -1.28. The second-order valence-electron chi connectivity index (χ2n) is 4.24. The van der Waals surface area contributed by atoms with Crippen LogP contribution < -0.4 is 0 Å². The van der Waals surface area contributed by atoms with Gasteiger partial charge in [0.05, 0.1) is 16.6 Å². The molecule has 1 atom stereocenters. The normalized spacial score (nSPS) is 12.3. The molecule has 1 heterocycles. The molecule has 0 fully saturated rings. The lowest BCUT2D eigenvalue weighted by Crippen LogP contribution is -1.98. The van der Waals surface area contributed by atoms with Crippen LogP contribution in [0, 0.1) is 13.8 Å². The van der Waals surface area contributed by atoms with Gasteiger partial charge in [0, 0.05) is 11.0 Å². The van der Waals surface area contributed by atoms with Crippen molar-refractivity contribution in [1.82, 2.24) is 5.16 Å². The third-order valence-electron chi connectivity index (χ3n) is 2.63. The SMILES string of the molecule is Cc1ccc(S(=O)Cc2cc(C(=O)O)no2)c(C)c1. The molecule has 0 aliphatic rings. The van der Waals surface area contributed by atoms with E-state index in [0.717, 1.165) is 16.0 Å². The molecule has 5 nitrogen and oxygen atoms in total. The van der Waals surface area contributed by atoms with Crippen molar-refractivity contribution in [2.24, 2.45) is 0 Å². The predicted octanol–water partition coefficient (Wildman–Crippen LogP) is 2.30. The third kappa shape index (κ3) is 3.08. The van der Waals surface area contributed by atoms with Crippen LogP contribution in [0.2, 0.25) is 0 Å². The Bertz CT molecular complexity index is 648. The zero-order chi connectivity index (χ0) is 14.0. The average molecular weight is 279 g/mol. The van der Waals surface area contributed by atoms with Gasteiger partial charge in [0.15, 0.2) is 5.69 Å². The number of benzene rings is 1. The van der Waals surface area contributed by atoms with E-state index >= 15 is 0 Å². The maximum atomic E-state index is 12.2. The number of nitrogens with zero attached hydrogens (tertiary/aromatic N) is 1. The Balaban J connectivity index is 2.18. The van der Waals surface area contributed by atoms with Crippen LogP contribution in [-0.2, 0) is 16.6 Å². The maximum absolute atomic E-state index is 12.2. The lowest BCUT2D eigenvalue weighted by atomic mass is 10.2. The Morgan fingerprint density at radius 2 is 2.11 bits per heavy atom. The maximum Gasteiger partial charge on any atom is 0.358 e. The van der Waals surface area contributed by atoms with Crippen molar-refractivity contribution in [3.8, 4) is 0 Å². The van der Waals surface area contributed by atoms with Gasteiger partial charge in [0.25, 0.3) is 0 Å². The molecule has 1 aromatic carbocycles.